The highest BCUT2D eigenvalue weighted by atomic mass is 16.5. The van der Waals surface area contributed by atoms with Crippen LogP contribution in [0.15, 0.2) is 36.4 Å². The minimum absolute atomic E-state index is 0.175. The lowest BCUT2D eigenvalue weighted by Gasteiger charge is -2.13. The maximum absolute atomic E-state index is 12.1. The number of anilines is 1. The molecular formula is C18H21NO6. The van der Waals surface area contributed by atoms with Gasteiger partial charge in [0, 0.05) is 24.3 Å². The van der Waals surface area contributed by atoms with Crippen LogP contribution in [0, 0.1) is 0 Å². The number of rotatable bonds is 8. The highest BCUT2D eigenvalue weighted by molar-refractivity contribution is 5.93. The molecule has 25 heavy (non-hydrogen) atoms. The van der Waals surface area contributed by atoms with E-state index in [0.717, 1.165) is 0 Å². The molecule has 0 atom stereocenters. The summed E-state index contributed by atoms with van der Waals surface area (Å²) in [5.74, 6) is 2.42. The van der Waals surface area contributed by atoms with Crippen molar-refractivity contribution in [3.8, 4) is 28.7 Å². The molecule has 0 aliphatic rings. The molecule has 1 N–H and O–H groups in total. The van der Waals surface area contributed by atoms with Gasteiger partial charge in [-0.05, 0) is 12.1 Å². The number of carbonyl (C=O) groups excluding carboxylic acids is 1. The number of benzene rings is 2. The molecule has 134 valence electrons. The monoisotopic (exact) mass is 347 g/mol. The van der Waals surface area contributed by atoms with E-state index < -0.39 is 0 Å². The van der Waals surface area contributed by atoms with Crippen molar-refractivity contribution in [2.24, 2.45) is 0 Å². The maximum atomic E-state index is 12.1. The summed E-state index contributed by atoms with van der Waals surface area (Å²) >= 11 is 0. The Hall–Kier alpha value is -3.09. The van der Waals surface area contributed by atoms with Gasteiger partial charge in [-0.1, -0.05) is 0 Å². The lowest BCUT2D eigenvalue weighted by atomic mass is 10.2. The molecule has 0 heterocycles. The third-order valence-corrected chi connectivity index (χ3v) is 3.38. The summed E-state index contributed by atoms with van der Waals surface area (Å²) in [5, 5.41) is 2.73. The van der Waals surface area contributed by atoms with Crippen molar-refractivity contribution in [2.45, 2.75) is 0 Å². The summed E-state index contributed by atoms with van der Waals surface area (Å²) in [6, 6.07) is 10.2. The molecule has 2 aromatic rings. The molecule has 0 aromatic heterocycles. The van der Waals surface area contributed by atoms with Crippen LogP contribution in [0.4, 0.5) is 5.69 Å². The summed E-state index contributed by atoms with van der Waals surface area (Å²) in [7, 11) is 6.16. The first-order chi connectivity index (χ1) is 12.1. The fourth-order valence-corrected chi connectivity index (χ4v) is 2.10. The van der Waals surface area contributed by atoms with Crippen molar-refractivity contribution >= 4 is 11.6 Å². The number of ether oxygens (including phenoxy) is 5. The fraction of sp³-hybridized carbons (Fsp3) is 0.278. The first-order valence-electron chi connectivity index (χ1n) is 7.47. The van der Waals surface area contributed by atoms with Gasteiger partial charge in [-0.3, -0.25) is 4.79 Å². The Morgan fingerprint density at radius 2 is 1.40 bits per heavy atom. The first kappa shape index (κ1) is 18.3. The number of nitrogens with one attached hydrogen (secondary N) is 1. The van der Waals surface area contributed by atoms with E-state index in [1.54, 1.807) is 57.7 Å². The average molecular weight is 347 g/mol. The Kier molecular flexibility index (Phi) is 6.33. The van der Waals surface area contributed by atoms with Crippen LogP contribution < -0.4 is 29.0 Å². The highest BCUT2D eigenvalue weighted by Gasteiger charge is 2.10. The third kappa shape index (κ3) is 4.94. The van der Waals surface area contributed by atoms with Gasteiger partial charge in [-0.2, -0.15) is 0 Å². The van der Waals surface area contributed by atoms with Crippen LogP contribution >= 0.6 is 0 Å². The zero-order valence-corrected chi connectivity index (χ0v) is 14.6. The van der Waals surface area contributed by atoms with Gasteiger partial charge in [0.1, 0.15) is 28.7 Å². The van der Waals surface area contributed by atoms with Crippen molar-refractivity contribution < 1.29 is 28.5 Å². The van der Waals surface area contributed by atoms with E-state index in [0.29, 0.717) is 34.4 Å². The van der Waals surface area contributed by atoms with Gasteiger partial charge < -0.3 is 29.0 Å². The van der Waals surface area contributed by atoms with Gasteiger partial charge in [0.2, 0.25) is 0 Å². The van der Waals surface area contributed by atoms with Crippen LogP contribution in [-0.2, 0) is 4.79 Å². The van der Waals surface area contributed by atoms with Gasteiger partial charge in [-0.15, -0.1) is 0 Å². The number of methoxy groups -OCH3 is 4. The maximum Gasteiger partial charge on any atom is 0.262 e. The van der Waals surface area contributed by atoms with E-state index in [9.17, 15) is 4.79 Å². The van der Waals surface area contributed by atoms with Crippen LogP contribution in [0.1, 0.15) is 0 Å². The molecule has 1 amide bonds. The van der Waals surface area contributed by atoms with E-state index in [4.69, 9.17) is 23.7 Å². The third-order valence-electron chi connectivity index (χ3n) is 3.38. The van der Waals surface area contributed by atoms with Crippen molar-refractivity contribution in [3.05, 3.63) is 36.4 Å². The van der Waals surface area contributed by atoms with E-state index >= 15 is 0 Å². The molecular weight excluding hydrogens is 326 g/mol. The number of amides is 1. The van der Waals surface area contributed by atoms with E-state index in [-0.39, 0.29) is 12.5 Å². The Morgan fingerprint density at radius 3 is 1.96 bits per heavy atom. The molecule has 0 aliphatic carbocycles. The molecule has 2 aromatic carbocycles. The average Bonchev–Trinajstić information content (AvgIpc) is 2.66. The number of carbonyl (C=O) groups is 1. The molecule has 7 nitrogen and oxygen atoms in total. The van der Waals surface area contributed by atoms with Gasteiger partial charge in [0.25, 0.3) is 5.91 Å². The lowest BCUT2D eigenvalue weighted by Crippen LogP contribution is -2.20. The molecule has 0 aliphatic heterocycles. The topological polar surface area (TPSA) is 75.3 Å². The normalized spacial score (nSPS) is 9.92. The summed E-state index contributed by atoms with van der Waals surface area (Å²) in [4.78, 5) is 12.1. The summed E-state index contributed by atoms with van der Waals surface area (Å²) in [6.07, 6.45) is 0. The van der Waals surface area contributed by atoms with Crippen molar-refractivity contribution in [1.82, 2.24) is 0 Å². The van der Waals surface area contributed by atoms with Gasteiger partial charge in [-0.25, -0.2) is 0 Å². The molecule has 0 unspecified atom stereocenters. The van der Waals surface area contributed by atoms with Gasteiger partial charge in [0.05, 0.1) is 34.1 Å². The van der Waals surface area contributed by atoms with Crippen LogP contribution in [0.25, 0.3) is 0 Å². The molecule has 0 spiro atoms. The number of hydrogen-bond acceptors (Lipinski definition) is 6. The Labute approximate surface area is 146 Å². The number of hydrogen-bond donors (Lipinski definition) is 1. The minimum atomic E-state index is -0.328. The molecule has 0 saturated heterocycles. The predicted octanol–water partition coefficient (Wildman–Crippen LogP) is 2.74. The molecule has 0 bridgehead atoms. The summed E-state index contributed by atoms with van der Waals surface area (Å²) in [6.45, 7) is -0.175. The SMILES string of the molecule is COc1cc(OC)cc(OCC(=O)Nc2ccc(OC)cc2OC)c1. The first-order valence-corrected chi connectivity index (χ1v) is 7.47. The fourth-order valence-electron chi connectivity index (χ4n) is 2.10. The highest BCUT2D eigenvalue weighted by Crippen LogP contribution is 2.29. The zero-order valence-electron chi connectivity index (χ0n) is 14.6. The quantitative estimate of drug-likeness (QED) is 0.791. The van der Waals surface area contributed by atoms with Crippen LogP contribution in [0.2, 0.25) is 0 Å². The zero-order chi connectivity index (χ0) is 18.2. The second kappa shape index (κ2) is 8.68. The standard InChI is InChI=1S/C18H21NO6/c1-21-12-5-6-16(17(10-12)24-4)19-18(20)11-25-15-8-13(22-2)7-14(9-15)23-3/h5-10H,11H2,1-4H3,(H,19,20). The van der Waals surface area contributed by atoms with Gasteiger partial charge >= 0.3 is 0 Å². The second-order valence-electron chi connectivity index (χ2n) is 4.95. The molecule has 0 saturated carbocycles. The molecule has 0 fully saturated rings. The largest absolute Gasteiger partial charge is 0.497 e. The lowest BCUT2D eigenvalue weighted by molar-refractivity contribution is -0.118. The molecule has 7 heteroatoms. The summed E-state index contributed by atoms with van der Waals surface area (Å²) < 4.78 is 26.2. The predicted molar refractivity (Wildman–Crippen MR) is 93.2 cm³/mol. The van der Waals surface area contributed by atoms with Crippen LogP contribution in [0.5, 0.6) is 28.7 Å². The van der Waals surface area contributed by atoms with Gasteiger partial charge in [0.15, 0.2) is 6.61 Å². The van der Waals surface area contributed by atoms with E-state index in [1.165, 1.54) is 7.11 Å². The van der Waals surface area contributed by atoms with E-state index in [1.807, 2.05) is 0 Å². The second-order valence-corrected chi connectivity index (χ2v) is 4.95. The van der Waals surface area contributed by atoms with Crippen molar-refractivity contribution in [1.29, 1.82) is 0 Å². The van der Waals surface area contributed by atoms with Crippen LogP contribution in [0.3, 0.4) is 0 Å². The molecule has 2 rings (SSSR count). The molecule has 0 radical (unpaired) electrons. The Morgan fingerprint density at radius 1 is 0.800 bits per heavy atom. The Bertz CT molecular complexity index is 709. The van der Waals surface area contributed by atoms with Crippen molar-refractivity contribution in [3.63, 3.8) is 0 Å². The van der Waals surface area contributed by atoms with Crippen molar-refractivity contribution in [2.75, 3.05) is 40.4 Å². The van der Waals surface area contributed by atoms with E-state index in [2.05, 4.69) is 5.32 Å². The smallest absolute Gasteiger partial charge is 0.262 e. The Balaban J connectivity index is 2.01. The minimum Gasteiger partial charge on any atom is -0.497 e. The summed E-state index contributed by atoms with van der Waals surface area (Å²) in [5.41, 5.74) is 0.528. The van der Waals surface area contributed by atoms with Crippen LogP contribution in [-0.4, -0.2) is 41.0 Å².